The van der Waals surface area contributed by atoms with Gasteiger partial charge in [0.1, 0.15) is 0 Å². The third-order valence-corrected chi connectivity index (χ3v) is 3.70. The van der Waals surface area contributed by atoms with Crippen LogP contribution in [0.4, 0.5) is 0 Å². The zero-order valence-electron chi connectivity index (χ0n) is 10.8. The summed E-state index contributed by atoms with van der Waals surface area (Å²) < 4.78 is 0. The number of aliphatic hydroxyl groups is 1. The molecule has 0 saturated heterocycles. The van der Waals surface area contributed by atoms with Crippen LogP contribution in [0.25, 0.3) is 0 Å². The molecule has 0 fully saturated rings. The van der Waals surface area contributed by atoms with E-state index < -0.39 is 6.10 Å². The first kappa shape index (κ1) is 12.3. The molecule has 2 N–H and O–H groups in total. The Balaban J connectivity index is 1.62. The summed E-state index contributed by atoms with van der Waals surface area (Å²) >= 11 is 0. The van der Waals surface area contributed by atoms with Crippen LogP contribution in [0.15, 0.2) is 48.7 Å². The molecule has 1 aromatic carbocycles. The minimum Gasteiger partial charge on any atom is -0.387 e. The van der Waals surface area contributed by atoms with Gasteiger partial charge in [-0.2, -0.15) is 0 Å². The monoisotopic (exact) mass is 254 g/mol. The number of hydrogen-bond acceptors (Lipinski definition) is 3. The molecule has 2 unspecified atom stereocenters. The van der Waals surface area contributed by atoms with Crippen LogP contribution in [0.5, 0.6) is 0 Å². The SMILES string of the molecule is OC(CNC1CCc2cccnc21)c1ccccc1. The number of aliphatic hydroxyl groups excluding tert-OH is 1. The Labute approximate surface area is 113 Å². The summed E-state index contributed by atoms with van der Waals surface area (Å²) in [5.74, 6) is 0. The summed E-state index contributed by atoms with van der Waals surface area (Å²) in [5.41, 5.74) is 3.42. The maximum Gasteiger partial charge on any atom is 0.0914 e. The van der Waals surface area contributed by atoms with Gasteiger partial charge in [-0.05, 0) is 30.0 Å². The molecule has 0 aliphatic heterocycles. The Morgan fingerprint density at radius 3 is 2.89 bits per heavy atom. The highest BCUT2D eigenvalue weighted by molar-refractivity contribution is 5.28. The van der Waals surface area contributed by atoms with Gasteiger partial charge in [0, 0.05) is 12.7 Å². The largest absolute Gasteiger partial charge is 0.387 e. The summed E-state index contributed by atoms with van der Waals surface area (Å²) in [6.45, 7) is 0.560. The van der Waals surface area contributed by atoms with E-state index in [1.807, 2.05) is 42.6 Å². The maximum atomic E-state index is 10.1. The van der Waals surface area contributed by atoms with Crippen LogP contribution in [-0.2, 0) is 6.42 Å². The lowest BCUT2D eigenvalue weighted by Crippen LogP contribution is -2.25. The van der Waals surface area contributed by atoms with Crippen molar-refractivity contribution in [3.05, 3.63) is 65.5 Å². The Morgan fingerprint density at radius 2 is 2.05 bits per heavy atom. The Hall–Kier alpha value is -1.71. The van der Waals surface area contributed by atoms with E-state index >= 15 is 0 Å². The van der Waals surface area contributed by atoms with Gasteiger partial charge in [-0.15, -0.1) is 0 Å². The first-order valence-corrected chi connectivity index (χ1v) is 6.75. The fourth-order valence-corrected chi connectivity index (χ4v) is 2.66. The van der Waals surface area contributed by atoms with Gasteiger partial charge < -0.3 is 10.4 Å². The third kappa shape index (κ3) is 2.67. The molecule has 0 saturated carbocycles. The first-order chi connectivity index (χ1) is 9.34. The van der Waals surface area contributed by atoms with Gasteiger partial charge in [-0.25, -0.2) is 0 Å². The standard InChI is InChI=1S/C16H18N2O/c19-15(12-5-2-1-3-6-12)11-18-14-9-8-13-7-4-10-17-16(13)14/h1-7,10,14-15,18-19H,8-9,11H2. The smallest absolute Gasteiger partial charge is 0.0914 e. The molecule has 3 heteroatoms. The zero-order chi connectivity index (χ0) is 13.1. The highest BCUT2D eigenvalue weighted by Gasteiger charge is 2.23. The van der Waals surface area contributed by atoms with Crippen LogP contribution in [-0.4, -0.2) is 16.6 Å². The molecule has 1 aromatic heterocycles. The van der Waals surface area contributed by atoms with Crippen LogP contribution in [0.2, 0.25) is 0 Å². The molecule has 2 aromatic rings. The second-order valence-electron chi connectivity index (χ2n) is 4.97. The number of benzene rings is 1. The summed E-state index contributed by atoms with van der Waals surface area (Å²) in [6.07, 6.45) is 3.51. The molecule has 0 radical (unpaired) electrons. The van der Waals surface area contributed by atoms with Crippen molar-refractivity contribution in [2.45, 2.75) is 25.0 Å². The lowest BCUT2D eigenvalue weighted by Gasteiger charge is -2.17. The summed E-state index contributed by atoms with van der Waals surface area (Å²) in [6, 6.07) is 14.2. The van der Waals surface area contributed by atoms with Crippen molar-refractivity contribution in [2.75, 3.05) is 6.54 Å². The number of pyridine rings is 1. The third-order valence-electron chi connectivity index (χ3n) is 3.70. The Bertz CT molecular complexity index is 541. The summed E-state index contributed by atoms with van der Waals surface area (Å²) in [5, 5.41) is 13.6. The van der Waals surface area contributed by atoms with Gasteiger partial charge in [-0.1, -0.05) is 36.4 Å². The quantitative estimate of drug-likeness (QED) is 0.880. The molecule has 0 spiro atoms. The zero-order valence-corrected chi connectivity index (χ0v) is 10.8. The molecule has 98 valence electrons. The summed E-state index contributed by atoms with van der Waals surface area (Å²) in [7, 11) is 0. The van der Waals surface area contributed by atoms with Crippen LogP contribution in [0.1, 0.15) is 35.4 Å². The highest BCUT2D eigenvalue weighted by Crippen LogP contribution is 2.29. The van der Waals surface area contributed by atoms with Gasteiger partial charge in [0.15, 0.2) is 0 Å². The second kappa shape index (κ2) is 5.51. The van der Waals surface area contributed by atoms with Crippen molar-refractivity contribution in [2.24, 2.45) is 0 Å². The topological polar surface area (TPSA) is 45.1 Å². The van der Waals surface area contributed by atoms with Crippen molar-refractivity contribution in [3.8, 4) is 0 Å². The van der Waals surface area contributed by atoms with Gasteiger partial charge >= 0.3 is 0 Å². The van der Waals surface area contributed by atoms with E-state index in [2.05, 4.69) is 16.4 Å². The van der Waals surface area contributed by atoms with E-state index in [4.69, 9.17) is 0 Å². The number of nitrogens with one attached hydrogen (secondary N) is 1. The van der Waals surface area contributed by atoms with E-state index in [1.165, 1.54) is 5.56 Å². The van der Waals surface area contributed by atoms with Gasteiger partial charge in [0.2, 0.25) is 0 Å². The number of fused-ring (bicyclic) bond motifs is 1. The molecular weight excluding hydrogens is 236 g/mol. The van der Waals surface area contributed by atoms with E-state index in [0.717, 1.165) is 24.1 Å². The highest BCUT2D eigenvalue weighted by atomic mass is 16.3. The Morgan fingerprint density at radius 1 is 1.21 bits per heavy atom. The second-order valence-corrected chi connectivity index (χ2v) is 4.97. The number of aromatic nitrogens is 1. The van der Waals surface area contributed by atoms with E-state index in [-0.39, 0.29) is 6.04 Å². The van der Waals surface area contributed by atoms with Gasteiger partial charge in [0.05, 0.1) is 17.8 Å². The number of hydrogen-bond donors (Lipinski definition) is 2. The van der Waals surface area contributed by atoms with Crippen molar-refractivity contribution in [1.82, 2.24) is 10.3 Å². The molecule has 1 heterocycles. The fourth-order valence-electron chi connectivity index (χ4n) is 2.66. The van der Waals surface area contributed by atoms with Crippen LogP contribution < -0.4 is 5.32 Å². The van der Waals surface area contributed by atoms with E-state index in [0.29, 0.717) is 6.54 Å². The summed E-state index contributed by atoms with van der Waals surface area (Å²) in [4.78, 5) is 4.45. The maximum absolute atomic E-state index is 10.1. The molecule has 3 rings (SSSR count). The molecule has 19 heavy (non-hydrogen) atoms. The van der Waals surface area contributed by atoms with E-state index in [9.17, 15) is 5.11 Å². The molecule has 1 aliphatic rings. The van der Waals surface area contributed by atoms with Crippen LogP contribution in [0, 0.1) is 0 Å². The van der Waals surface area contributed by atoms with Gasteiger partial charge in [0.25, 0.3) is 0 Å². The van der Waals surface area contributed by atoms with Crippen molar-refractivity contribution >= 4 is 0 Å². The minimum absolute atomic E-state index is 0.273. The molecule has 2 atom stereocenters. The number of aryl methyl sites for hydroxylation is 1. The lowest BCUT2D eigenvalue weighted by atomic mass is 10.1. The molecule has 0 amide bonds. The fraction of sp³-hybridized carbons (Fsp3) is 0.312. The molecule has 3 nitrogen and oxygen atoms in total. The van der Waals surface area contributed by atoms with Gasteiger partial charge in [-0.3, -0.25) is 4.98 Å². The van der Waals surface area contributed by atoms with Crippen molar-refractivity contribution in [3.63, 3.8) is 0 Å². The number of rotatable bonds is 4. The lowest BCUT2D eigenvalue weighted by molar-refractivity contribution is 0.169. The average molecular weight is 254 g/mol. The van der Waals surface area contributed by atoms with Crippen molar-refractivity contribution < 1.29 is 5.11 Å². The predicted octanol–water partition coefficient (Wildman–Crippen LogP) is 2.39. The molecule has 1 aliphatic carbocycles. The minimum atomic E-state index is -0.464. The van der Waals surface area contributed by atoms with Crippen molar-refractivity contribution in [1.29, 1.82) is 0 Å². The average Bonchev–Trinajstić information content (AvgIpc) is 2.89. The number of nitrogens with zero attached hydrogens (tertiary/aromatic N) is 1. The molecular formula is C16H18N2O. The van der Waals surface area contributed by atoms with Crippen LogP contribution in [0.3, 0.4) is 0 Å². The van der Waals surface area contributed by atoms with Crippen LogP contribution >= 0.6 is 0 Å². The molecule has 0 bridgehead atoms. The predicted molar refractivity (Wildman–Crippen MR) is 74.7 cm³/mol. The normalized spacial score (nSPS) is 19.1. The Kier molecular flexibility index (Phi) is 3.58. The first-order valence-electron chi connectivity index (χ1n) is 6.75. The van der Waals surface area contributed by atoms with E-state index in [1.54, 1.807) is 0 Å².